The van der Waals surface area contributed by atoms with Crippen molar-refractivity contribution >= 4 is 17.8 Å². The molecule has 0 spiro atoms. The number of carbonyl (C=O) groups is 3. The van der Waals surface area contributed by atoms with Crippen molar-refractivity contribution in [3.8, 4) is 0 Å². The largest absolute Gasteiger partial charge is 0.464 e. The van der Waals surface area contributed by atoms with Gasteiger partial charge in [0.25, 0.3) is 0 Å². The van der Waals surface area contributed by atoms with Gasteiger partial charge in [0, 0.05) is 0 Å². The normalized spacial score (nSPS) is 21.6. The molecule has 2 rings (SSSR count). The van der Waals surface area contributed by atoms with Crippen LogP contribution in [0.3, 0.4) is 0 Å². The van der Waals surface area contributed by atoms with Gasteiger partial charge in [0.15, 0.2) is 5.78 Å². The van der Waals surface area contributed by atoms with Gasteiger partial charge in [-0.1, -0.05) is 71.5 Å². The van der Waals surface area contributed by atoms with E-state index in [-0.39, 0.29) is 24.9 Å². The second-order valence-corrected chi connectivity index (χ2v) is 8.90. The number of rotatable bonds is 6. The third-order valence-electron chi connectivity index (χ3n) is 5.38. The molecule has 0 unspecified atom stereocenters. The molecule has 6 nitrogen and oxygen atoms in total. The van der Waals surface area contributed by atoms with E-state index >= 15 is 0 Å². The highest BCUT2D eigenvalue weighted by molar-refractivity contribution is 6.01. The van der Waals surface area contributed by atoms with Gasteiger partial charge < -0.3 is 9.47 Å². The van der Waals surface area contributed by atoms with E-state index in [1.807, 2.05) is 58.9 Å². The molecule has 164 valence electrons. The van der Waals surface area contributed by atoms with Crippen LogP contribution in [0.5, 0.6) is 0 Å². The van der Waals surface area contributed by atoms with Gasteiger partial charge in [-0.05, 0) is 29.4 Å². The van der Waals surface area contributed by atoms with E-state index in [2.05, 4.69) is 6.58 Å². The molecule has 1 heterocycles. The van der Waals surface area contributed by atoms with Crippen LogP contribution in [0.25, 0.3) is 0 Å². The predicted molar refractivity (Wildman–Crippen MR) is 115 cm³/mol. The Morgan fingerprint density at radius 3 is 2.37 bits per heavy atom. The molecule has 1 saturated heterocycles. The molecule has 3 atom stereocenters. The Labute approximate surface area is 179 Å². The maximum Gasteiger partial charge on any atom is 0.411 e. The van der Waals surface area contributed by atoms with Gasteiger partial charge >= 0.3 is 12.1 Å². The summed E-state index contributed by atoms with van der Waals surface area (Å²) in [6, 6.07) is 5.57. The van der Waals surface area contributed by atoms with Crippen molar-refractivity contribution in [1.82, 2.24) is 4.90 Å². The van der Waals surface area contributed by atoms with Gasteiger partial charge in [0.2, 0.25) is 0 Å². The fraction of sp³-hybridized carbons (Fsp3) is 0.542. The van der Waals surface area contributed by atoms with E-state index in [0.29, 0.717) is 5.56 Å². The molecular formula is C24H33NO5. The lowest BCUT2D eigenvalue weighted by molar-refractivity contribution is -0.151. The van der Waals surface area contributed by atoms with E-state index in [1.54, 1.807) is 6.92 Å². The Morgan fingerprint density at radius 1 is 1.20 bits per heavy atom. The Kier molecular flexibility index (Phi) is 7.45. The first-order chi connectivity index (χ1) is 14.1. The minimum absolute atomic E-state index is 0.0161. The van der Waals surface area contributed by atoms with Gasteiger partial charge in [0.1, 0.15) is 18.7 Å². The van der Waals surface area contributed by atoms with E-state index in [9.17, 15) is 14.4 Å². The first-order valence-corrected chi connectivity index (χ1v) is 10.4. The van der Waals surface area contributed by atoms with E-state index < -0.39 is 35.5 Å². The Bertz CT molecular complexity index is 808. The molecule has 1 fully saturated rings. The van der Waals surface area contributed by atoms with Crippen LogP contribution in [0.2, 0.25) is 0 Å². The molecule has 0 bridgehead atoms. The fourth-order valence-electron chi connectivity index (χ4n) is 4.17. The summed E-state index contributed by atoms with van der Waals surface area (Å²) in [6.45, 7) is 15.2. The molecule has 0 saturated carbocycles. The number of hydrogen-bond acceptors (Lipinski definition) is 5. The highest BCUT2D eigenvalue weighted by Gasteiger charge is 2.59. The van der Waals surface area contributed by atoms with Crippen molar-refractivity contribution < 1.29 is 23.9 Å². The molecule has 0 aromatic heterocycles. The summed E-state index contributed by atoms with van der Waals surface area (Å²) in [5.41, 5.74) is 1.11. The van der Waals surface area contributed by atoms with Crippen molar-refractivity contribution in [3.63, 3.8) is 0 Å². The van der Waals surface area contributed by atoms with Gasteiger partial charge in [-0.2, -0.15) is 0 Å². The summed E-state index contributed by atoms with van der Waals surface area (Å²) >= 11 is 0. The van der Waals surface area contributed by atoms with Gasteiger partial charge in [-0.3, -0.25) is 9.69 Å². The Morgan fingerprint density at radius 2 is 1.83 bits per heavy atom. The highest BCUT2D eigenvalue weighted by atomic mass is 16.6. The molecule has 1 amide bonds. The quantitative estimate of drug-likeness (QED) is 0.499. The monoisotopic (exact) mass is 415 g/mol. The Balaban J connectivity index is 2.71. The molecule has 1 aliphatic rings. The predicted octanol–water partition coefficient (Wildman–Crippen LogP) is 4.65. The van der Waals surface area contributed by atoms with Crippen molar-refractivity contribution in [2.45, 2.75) is 59.5 Å². The molecule has 1 aliphatic heterocycles. The maximum absolute atomic E-state index is 13.8. The van der Waals surface area contributed by atoms with Crippen molar-refractivity contribution in [2.24, 2.45) is 11.3 Å². The SMILES string of the molecule is C=CCOC(=O)N1[C@@H](c2ccccc2C(C)C)C(=O)[C@H](C(C)(C)C)[C@H]1C(=O)OCC. The molecule has 30 heavy (non-hydrogen) atoms. The summed E-state index contributed by atoms with van der Waals surface area (Å²) in [6.07, 6.45) is 0.727. The van der Waals surface area contributed by atoms with Crippen LogP contribution in [0.4, 0.5) is 4.79 Å². The second-order valence-electron chi connectivity index (χ2n) is 8.90. The average Bonchev–Trinajstić information content (AvgIpc) is 2.99. The minimum Gasteiger partial charge on any atom is -0.464 e. The lowest BCUT2D eigenvalue weighted by atomic mass is 9.74. The molecule has 6 heteroatoms. The van der Waals surface area contributed by atoms with Crippen LogP contribution < -0.4 is 0 Å². The van der Waals surface area contributed by atoms with Crippen LogP contribution in [-0.2, 0) is 19.1 Å². The van der Waals surface area contributed by atoms with Crippen molar-refractivity contribution in [2.75, 3.05) is 13.2 Å². The molecule has 1 aromatic rings. The Hall–Kier alpha value is -2.63. The number of carbonyl (C=O) groups excluding carboxylic acids is 3. The average molecular weight is 416 g/mol. The van der Waals surface area contributed by atoms with Gasteiger partial charge in [-0.25, -0.2) is 9.59 Å². The lowest BCUT2D eigenvalue weighted by Gasteiger charge is -2.32. The number of ether oxygens (including phenoxy) is 2. The summed E-state index contributed by atoms with van der Waals surface area (Å²) in [4.78, 5) is 41.1. The lowest BCUT2D eigenvalue weighted by Crippen LogP contribution is -2.48. The number of benzene rings is 1. The number of esters is 1. The number of ketones is 1. The van der Waals surface area contributed by atoms with Gasteiger partial charge in [0.05, 0.1) is 12.5 Å². The third-order valence-corrected chi connectivity index (χ3v) is 5.38. The van der Waals surface area contributed by atoms with Crippen molar-refractivity contribution in [3.05, 3.63) is 48.0 Å². The number of amides is 1. The molecule has 0 N–H and O–H groups in total. The number of likely N-dealkylation sites (tertiary alicyclic amines) is 1. The summed E-state index contributed by atoms with van der Waals surface area (Å²) in [7, 11) is 0. The first kappa shape index (κ1) is 23.6. The topological polar surface area (TPSA) is 72.9 Å². The zero-order chi connectivity index (χ0) is 22.6. The van der Waals surface area contributed by atoms with Crippen LogP contribution >= 0.6 is 0 Å². The van der Waals surface area contributed by atoms with Crippen LogP contribution in [0, 0.1) is 11.3 Å². The molecular weight excluding hydrogens is 382 g/mol. The number of hydrogen-bond donors (Lipinski definition) is 0. The minimum atomic E-state index is -1.06. The highest BCUT2D eigenvalue weighted by Crippen LogP contribution is 2.47. The number of nitrogens with zero attached hydrogens (tertiary/aromatic N) is 1. The number of Topliss-reactive ketones (excluding diaryl/α,β-unsaturated/α-hetero) is 1. The molecule has 0 aliphatic carbocycles. The van der Waals surface area contributed by atoms with E-state index in [0.717, 1.165) is 5.56 Å². The molecule has 0 radical (unpaired) electrons. The third kappa shape index (κ3) is 4.58. The standard InChI is InChI=1S/C24H33NO5/c1-8-14-30-23(28)25-19(17-13-11-10-12-16(17)15(3)4)21(26)18(24(5,6)7)20(25)22(27)29-9-2/h8,10-13,15,18-20H,1,9,14H2,2-7H3/t18-,19+,20+/m1/s1. The van der Waals surface area contributed by atoms with E-state index in [1.165, 1.54) is 11.0 Å². The zero-order valence-corrected chi connectivity index (χ0v) is 18.8. The molecule has 1 aromatic carbocycles. The first-order valence-electron chi connectivity index (χ1n) is 10.4. The fourth-order valence-corrected chi connectivity index (χ4v) is 4.17. The van der Waals surface area contributed by atoms with Gasteiger partial charge in [-0.15, -0.1) is 0 Å². The van der Waals surface area contributed by atoms with Crippen LogP contribution in [0.15, 0.2) is 36.9 Å². The van der Waals surface area contributed by atoms with E-state index in [4.69, 9.17) is 9.47 Å². The summed E-state index contributed by atoms with van der Waals surface area (Å²) < 4.78 is 10.6. The van der Waals surface area contributed by atoms with Crippen LogP contribution in [-0.4, -0.2) is 42.0 Å². The maximum atomic E-state index is 13.8. The summed E-state index contributed by atoms with van der Waals surface area (Å²) in [5.74, 6) is -1.36. The van der Waals surface area contributed by atoms with Crippen molar-refractivity contribution in [1.29, 1.82) is 0 Å². The smallest absolute Gasteiger partial charge is 0.411 e. The zero-order valence-electron chi connectivity index (χ0n) is 18.8. The second kappa shape index (κ2) is 9.45. The van der Waals surface area contributed by atoms with Crippen LogP contribution in [0.1, 0.15) is 64.6 Å². The summed E-state index contributed by atoms with van der Waals surface area (Å²) in [5, 5.41) is 0.